The minimum Gasteiger partial charge on any atom is -0.491 e. The SMILES string of the molecule is OC1(COc2ccc(F)cc2)CCCCC1. The third-order valence-corrected chi connectivity index (χ3v) is 3.11. The summed E-state index contributed by atoms with van der Waals surface area (Å²) in [4.78, 5) is 0. The molecule has 0 atom stereocenters. The summed E-state index contributed by atoms with van der Waals surface area (Å²) >= 11 is 0. The summed E-state index contributed by atoms with van der Waals surface area (Å²) in [7, 11) is 0. The van der Waals surface area contributed by atoms with E-state index in [2.05, 4.69) is 0 Å². The molecule has 3 heteroatoms. The Kier molecular flexibility index (Phi) is 3.44. The van der Waals surface area contributed by atoms with Crippen molar-refractivity contribution in [1.82, 2.24) is 0 Å². The molecule has 2 rings (SSSR count). The summed E-state index contributed by atoms with van der Waals surface area (Å²) < 4.78 is 18.1. The first-order chi connectivity index (χ1) is 7.68. The number of ether oxygens (including phenoxy) is 1. The minimum absolute atomic E-state index is 0.274. The molecular formula is C13H17FO2. The van der Waals surface area contributed by atoms with Crippen LogP contribution in [0.5, 0.6) is 5.75 Å². The molecule has 1 N–H and O–H groups in total. The Labute approximate surface area is 95.1 Å². The van der Waals surface area contributed by atoms with Crippen LogP contribution in [-0.4, -0.2) is 17.3 Å². The molecular weight excluding hydrogens is 207 g/mol. The lowest BCUT2D eigenvalue weighted by atomic mass is 9.85. The van der Waals surface area contributed by atoms with Crippen LogP contribution >= 0.6 is 0 Å². The van der Waals surface area contributed by atoms with Crippen molar-refractivity contribution in [3.8, 4) is 5.75 Å². The average molecular weight is 224 g/mol. The fourth-order valence-electron chi connectivity index (χ4n) is 2.10. The zero-order valence-electron chi connectivity index (χ0n) is 9.29. The quantitative estimate of drug-likeness (QED) is 0.855. The first-order valence-corrected chi connectivity index (χ1v) is 5.79. The molecule has 1 aliphatic carbocycles. The number of aliphatic hydroxyl groups is 1. The molecule has 0 unspecified atom stereocenters. The standard InChI is InChI=1S/C13H17FO2/c14-11-4-6-12(7-5-11)16-10-13(15)8-2-1-3-9-13/h4-7,15H,1-3,8-10H2. The van der Waals surface area contributed by atoms with Crippen molar-refractivity contribution in [3.63, 3.8) is 0 Å². The molecule has 0 aliphatic heterocycles. The summed E-state index contributed by atoms with van der Waals surface area (Å²) in [6.07, 6.45) is 4.91. The highest BCUT2D eigenvalue weighted by molar-refractivity contribution is 5.22. The van der Waals surface area contributed by atoms with Crippen LogP contribution in [-0.2, 0) is 0 Å². The zero-order chi connectivity index (χ0) is 11.4. The number of hydrogen-bond donors (Lipinski definition) is 1. The fourth-order valence-corrected chi connectivity index (χ4v) is 2.10. The van der Waals surface area contributed by atoms with Gasteiger partial charge in [-0.15, -0.1) is 0 Å². The van der Waals surface area contributed by atoms with E-state index in [1.807, 2.05) is 0 Å². The molecule has 1 fully saturated rings. The Morgan fingerprint density at radius 2 is 1.75 bits per heavy atom. The largest absolute Gasteiger partial charge is 0.491 e. The van der Waals surface area contributed by atoms with Gasteiger partial charge in [-0.05, 0) is 37.1 Å². The molecule has 1 aromatic carbocycles. The van der Waals surface area contributed by atoms with Gasteiger partial charge < -0.3 is 9.84 Å². The van der Waals surface area contributed by atoms with Crippen molar-refractivity contribution >= 4 is 0 Å². The molecule has 1 aromatic rings. The molecule has 1 saturated carbocycles. The number of rotatable bonds is 3. The minimum atomic E-state index is -0.688. The highest BCUT2D eigenvalue weighted by Gasteiger charge is 2.29. The van der Waals surface area contributed by atoms with Crippen molar-refractivity contribution in [3.05, 3.63) is 30.1 Å². The van der Waals surface area contributed by atoms with Gasteiger partial charge in [0, 0.05) is 0 Å². The highest BCUT2D eigenvalue weighted by Crippen LogP contribution is 2.28. The predicted octanol–water partition coefficient (Wildman–Crippen LogP) is 2.90. The molecule has 0 aromatic heterocycles. The van der Waals surface area contributed by atoms with E-state index in [1.54, 1.807) is 12.1 Å². The summed E-state index contributed by atoms with van der Waals surface area (Å²) in [6, 6.07) is 5.89. The Balaban J connectivity index is 1.88. The Bertz CT molecular complexity index is 328. The van der Waals surface area contributed by atoms with E-state index in [1.165, 1.54) is 18.6 Å². The first kappa shape index (κ1) is 11.4. The van der Waals surface area contributed by atoms with Crippen molar-refractivity contribution in [2.75, 3.05) is 6.61 Å². The monoisotopic (exact) mass is 224 g/mol. The van der Waals surface area contributed by atoms with E-state index in [0.29, 0.717) is 12.4 Å². The van der Waals surface area contributed by atoms with Gasteiger partial charge in [-0.1, -0.05) is 19.3 Å². The Morgan fingerprint density at radius 1 is 1.12 bits per heavy atom. The first-order valence-electron chi connectivity index (χ1n) is 5.79. The maximum Gasteiger partial charge on any atom is 0.123 e. The van der Waals surface area contributed by atoms with E-state index in [4.69, 9.17) is 4.74 Å². The van der Waals surface area contributed by atoms with Crippen molar-refractivity contribution in [2.24, 2.45) is 0 Å². The van der Waals surface area contributed by atoms with Gasteiger partial charge in [0.25, 0.3) is 0 Å². The van der Waals surface area contributed by atoms with Crippen molar-refractivity contribution < 1.29 is 14.2 Å². The van der Waals surface area contributed by atoms with E-state index < -0.39 is 5.60 Å². The molecule has 16 heavy (non-hydrogen) atoms. The second kappa shape index (κ2) is 4.83. The van der Waals surface area contributed by atoms with E-state index in [-0.39, 0.29) is 5.82 Å². The van der Waals surface area contributed by atoms with Crippen LogP contribution in [0.2, 0.25) is 0 Å². The van der Waals surface area contributed by atoms with E-state index in [0.717, 1.165) is 25.7 Å². The third-order valence-electron chi connectivity index (χ3n) is 3.11. The van der Waals surface area contributed by atoms with Crippen LogP contribution in [0, 0.1) is 5.82 Å². The lowest BCUT2D eigenvalue weighted by Gasteiger charge is -2.31. The molecule has 0 radical (unpaired) electrons. The smallest absolute Gasteiger partial charge is 0.123 e. The number of hydrogen-bond acceptors (Lipinski definition) is 2. The normalized spacial score (nSPS) is 19.4. The Morgan fingerprint density at radius 3 is 2.38 bits per heavy atom. The summed E-state index contributed by atoms with van der Waals surface area (Å²) in [5, 5.41) is 10.2. The lowest BCUT2D eigenvalue weighted by Crippen LogP contribution is -2.37. The summed E-state index contributed by atoms with van der Waals surface area (Å²) in [6.45, 7) is 0.304. The van der Waals surface area contributed by atoms with Crippen LogP contribution in [0.25, 0.3) is 0 Å². The van der Waals surface area contributed by atoms with Gasteiger partial charge in [-0.2, -0.15) is 0 Å². The van der Waals surface area contributed by atoms with Gasteiger partial charge in [0.05, 0.1) is 5.60 Å². The molecule has 0 amide bonds. The predicted molar refractivity (Wildman–Crippen MR) is 59.9 cm³/mol. The molecule has 0 heterocycles. The van der Waals surface area contributed by atoms with Crippen LogP contribution in [0.1, 0.15) is 32.1 Å². The van der Waals surface area contributed by atoms with E-state index >= 15 is 0 Å². The summed E-state index contributed by atoms with van der Waals surface area (Å²) in [5.41, 5.74) is -0.688. The second-order valence-electron chi connectivity index (χ2n) is 4.53. The molecule has 0 spiro atoms. The molecule has 1 aliphatic rings. The van der Waals surface area contributed by atoms with Gasteiger partial charge >= 0.3 is 0 Å². The topological polar surface area (TPSA) is 29.5 Å². The molecule has 0 bridgehead atoms. The van der Waals surface area contributed by atoms with Gasteiger partial charge in [-0.3, -0.25) is 0 Å². The van der Waals surface area contributed by atoms with Crippen LogP contribution < -0.4 is 4.74 Å². The Hall–Kier alpha value is -1.09. The molecule has 0 saturated heterocycles. The molecule has 88 valence electrons. The van der Waals surface area contributed by atoms with Crippen molar-refractivity contribution in [1.29, 1.82) is 0 Å². The maximum atomic E-state index is 12.7. The van der Waals surface area contributed by atoms with E-state index in [9.17, 15) is 9.50 Å². The number of halogens is 1. The lowest BCUT2D eigenvalue weighted by molar-refractivity contribution is -0.0339. The van der Waals surface area contributed by atoms with Gasteiger partial charge in [-0.25, -0.2) is 4.39 Å². The van der Waals surface area contributed by atoms with Gasteiger partial charge in [0.2, 0.25) is 0 Å². The van der Waals surface area contributed by atoms with Gasteiger partial charge in [0.1, 0.15) is 18.2 Å². The average Bonchev–Trinajstić information content (AvgIpc) is 2.29. The second-order valence-corrected chi connectivity index (χ2v) is 4.53. The van der Waals surface area contributed by atoms with Gasteiger partial charge in [0.15, 0.2) is 0 Å². The number of benzene rings is 1. The molecule has 2 nitrogen and oxygen atoms in total. The zero-order valence-corrected chi connectivity index (χ0v) is 9.29. The van der Waals surface area contributed by atoms with Crippen LogP contribution in [0.15, 0.2) is 24.3 Å². The van der Waals surface area contributed by atoms with Crippen LogP contribution in [0.4, 0.5) is 4.39 Å². The fraction of sp³-hybridized carbons (Fsp3) is 0.538. The maximum absolute atomic E-state index is 12.7. The van der Waals surface area contributed by atoms with Crippen LogP contribution in [0.3, 0.4) is 0 Å². The van der Waals surface area contributed by atoms with Crippen molar-refractivity contribution in [2.45, 2.75) is 37.7 Å². The highest BCUT2D eigenvalue weighted by atomic mass is 19.1. The summed E-state index contributed by atoms with van der Waals surface area (Å²) in [5.74, 6) is 0.337. The third kappa shape index (κ3) is 2.95.